The minimum Gasteiger partial charge on any atom is -0.340 e. The lowest BCUT2D eigenvalue weighted by molar-refractivity contribution is 0.0790. The molecule has 27 heavy (non-hydrogen) atoms. The smallest absolute Gasteiger partial charge is 0.273 e. The van der Waals surface area contributed by atoms with E-state index in [2.05, 4.69) is 33.3 Å². The largest absolute Gasteiger partial charge is 0.340 e. The summed E-state index contributed by atoms with van der Waals surface area (Å²) in [6, 6.07) is 12.0. The molecule has 0 saturated heterocycles. The summed E-state index contributed by atoms with van der Waals surface area (Å²) in [5, 5.41) is 3.26. The van der Waals surface area contributed by atoms with E-state index in [0.29, 0.717) is 18.1 Å². The lowest BCUT2D eigenvalue weighted by Gasteiger charge is -2.16. The molecular weight excluding hydrogens is 338 g/mol. The first-order valence-electron chi connectivity index (χ1n) is 8.98. The van der Waals surface area contributed by atoms with Crippen molar-refractivity contribution in [2.24, 2.45) is 0 Å². The Morgan fingerprint density at radius 3 is 2.56 bits per heavy atom. The Morgan fingerprint density at radius 2 is 1.85 bits per heavy atom. The van der Waals surface area contributed by atoms with Crippen LogP contribution in [0.15, 0.2) is 61.2 Å². The fraction of sp³-hybridized carbons (Fsp3) is 0.238. The van der Waals surface area contributed by atoms with Gasteiger partial charge in [0.2, 0.25) is 0 Å². The normalized spacial score (nSPS) is 10.4. The van der Waals surface area contributed by atoms with E-state index in [1.54, 1.807) is 30.5 Å². The Labute approximate surface area is 159 Å². The summed E-state index contributed by atoms with van der Waals surface area (Å²) in [6.07, 6.45) is 8.32. The van der Waals surface area contributed by atoms with Crippen LogP contribution in [0, 0.1) is 0 Å². The van der Waals surface area contributed by atoms with Crippen LogP contribution in [0.25, 0.3) is 0 Å². The number of hydrogen-bond acceptors (Lipinski definition) is 5. The van der Waals surface area contributed by atoms with Gasteiger partial charge in [0.1, 0.15) is 11.5 Å². The van der Waals surface area contributed by atoms with Crippen LogP contribution in [0.3, 0.4) is 0 Å². The van der Waals surface area contributed by atoms with Crippen LogP contribution in [-0.2, 0) is 12.8 Å². The van der Waals surface area contributed by atoms with Crippen molar-refractivity contribution in [2.45, 2.75) is 19.8 Å². The molecule has 2 aromatic heterocycles. The Kier molecular flexibility index (Phi) is 6.10. The maximum absolute atomic E-state index is 12.5. The zero-order valence-electron chi connectivity index (χ0n) is 15.6. The van der Waals surface area contributed by atoms with Gasteiger partial charge in [0.15, 0.2) is 0 Å². The number of para-hydroxylation sites is 1. The molecular formula is C21H23N5O. The fourth-order valence-corrected chi connectivity index (χ4v) is 2.73. The summed E-state index contributed by atoms with van der Waals surface area (Å²) in [5.41, 5.74) is 3.68. The maximum atomic E-state index is 12.5. The number of anilines is 2. The molecule has 0 aliphatic carbocycles. The van der Waals surface area contributed by atoms with Gasteiger partial charge in [-0.25, -0.2) is 9.97 Å². The molecule has 1 amide bonds. The predicted octanol–water partition coefficient (Wildman–Crippen LogP) is 3.49. The average molecular weight is 361 g/mol. The third kappa shape index (κ3) is 4.88. The van der Waals surface area contributed by atoms with E-state index >= 15 is 0 Å². The molecule has 0 aliphatic rings. The van der Waals surface area contributed by atoms with E-state index < -0.39 is 0 Å². The third-order valence-corrected chi connectivity index (χ3v) is 4.36. The van der Waals surface area contributed by atoms with Crippen molar-refractivity contribution in [3.8, 4) is 0 Å². The molecule has 1 N–H and O–H groups in total. The van der Waals surface area contributed by atoms with E-state index in [1.165, 1.54) is 11.8 Å². The van der Waals surface area contributed by atoms with E-state index in [-0.39, 0.29) is 5.91 Å². The lowest BCUT2D eigenvalue weighted by Crippen LogP contribution is -2.29. The van der Waals surface area contributed by atoms with Crippen molar-refractivity contribution in [3.63, 3.8) is 0 Å². The van der Waals surface area contributed by atoms with E-state index in [4.69, 9.17) is 0 Å². The fourth-order valence-electron chi connectivity index (χ4n) is 2.73. The van der Waals surface area contributed by atoms with Crippen molar-refractivity contribution < 1.29 is 4.79 Å². The number of amides is 1. The number of likely N-dealkylation sites (N-methyl/N-ethyl adjacent to an activating group) is 1. The van der Waals surface area contributed by atoms with E-state index in [0.717, 1.165) is 24.1 Å². The molecule has 0 unspecified atom stereocenters. The molecule has 2 heterocycles. The molecule has 3 rings (SSSR count). The van der Waals surface area contributed by atoms with E-state index in [9.17, 15) is 4.79 Å². The van der Waals surface area contributed by atoms with Gasteiger partial charge in [0, 0.05) is 31.7 Å². The number of pyridine rings is 1. The summed E-state index contributed by atoms with van der Waals surface area (Å²) in [6.45, 7) is 2.71. The highest BCUT2D eigenvalue weighted by Gasteiger charge is 2.14. The maximum Gasteiger partial charge on any atom is 0.273 e. The first-order chi connectivity index (χ1) is 13.2. The molecule has 0 fully saturated rings. The SMILES string of the molecule is CCc1ccccc1Nc1cnc(C(=O)N(C)CCc2ccncc2)cn1. The number of nitrogens with zero attached hydrogens (tertiary/aromatic N) is 4. The molecule has 0 saturated carbocycles. The molecule has 138 valence electrons. The number of aryl methyl sites for hydroxylation is 1. The number of benzene rings is 1. The minimum absolute atomic E-state index is 0.142. The number of aromatic nitrogens is 3. The van der Waals surface area contributed by atoms with Crippen molar-refractivity contribution in [2.75, 3.05) is 18.9 Å². The van der Waals surface area contributed by atoms with Crippen LogP contribution in [0.1, 0.15) is 28.5 Å². The van der Waals surface area contributed by atoms with E-state index in [1.807, 2.05) is 30.3 Å². The molecule has 0 aliphatic heterocycles. The van der Waals surface area contributed by atoms with Crippen LogP contribution in [0.2, 0.25) is 0 Å². The Morgan fingerprint density at radius 1 is 1.07 bits per heavy atom. The van der Waals surface area contributed by atoms with Gasteiger partial charge < -0.3 is 10.2 Å². The van der Waals surface area contributed by atoms with Gasteiger partial charge in [-0.15, -0.1) is 0 Å². The molecule has 6 heteroatoms. The minimum atomic E-state index is -0.142. The van der Waals surface area contributed by atoms with Crippen molar-refractivity contribution in [1.82, 2.24) is 19.9 Å². The second-order valence-corrected chi connectivity index (χ2v) is 6.25. The van der Waals surface area contributed by atoms with Gasteiger partial charge in [0.25, 0.3) is 5.91 Å². The summed E-state index contributed by atoms with van der Waals surface area (Å²) in [5.74, 6) is 0.476. The molecule has 3 aromatic rings. The van der Waals surface area contributed by atoms with Crippen LogP contribution in [0.5, 0.6) is 0 Å². The standard InChI is InChI=1S/C21H23N5O/c1-3-17-6-4-5-7-18(17)25-20-15-23-19(14-24-20)21(27)26(2)13-10-16-8-11-22-12-9-16/h4-9,11-12,14-15H,3,10,13H2,1-2H3,(H,24,25). The number of carbonyl (C=O) groups is 1. The van der Waals surface area contributed by atoms with Crippen molar-refractivity contribution in [3.05, 3.63) is 78.0 Å². The number of carbonyl (C=O) groups excluding carboxylic acids is 1. The second kappa shape index (κ2) is 8.89. The third-order valence-electron chi connectivity index (χ3n) is 4.36. The average Bonchev–Trinajstić information content (AvgIpc) is 2.73. The summed E-state index contributed by atoms with van der Waals surface area (Å²) in [4.78, 5) is 26.8. The lowest BCUT2D eigenvalue weighted by atomic mass is 10.1. The van der Waals surface area contributed by atoms with Gasteiger partial charge in [0.05, 0.1) is 12.4 Å². The molecule has 0 radical (unpaired) electrons. The van der Waals surface area contributed by atoms with Crippen molar-refractivity contribution in [1.29, 1.82) is 0 Å². The van der Waals surface area contributed by atoms with Gasteiger partial charge in [-0.3, -0.25) is 9.78 Å². The molecule has 0 bridgehead atoms. The monoisotopic (exact) mass is 361 g/mol. The topological polar surface area (TPSA) is 71.0 Å². The highest BCUT2D eigenvalue weighted by molar-refractivity contribution is 5.91. The molecule has 1 aromatic carbocycles. The number of hydrogen-bond donors (Lipinski definition) is 1. The first-order valence-corrected chi connectivity index (χ1v) is 8.98. The molecule has 0 atom stereocenters. The van der Waals surface area contributed by atoms with Gasteiger partial charge in [-0.2, -0.15) is 0 Å². The summed E-state index contributed by atoms with van der Waals surface area (Å²) in [7, 11) is 1.77. The van der Waals surface area contributed by atoms with Crippen LogP contribution >= 0.6 is 0 Å². The second-order valence-electron chi connectivity index (χ2n) is 6.25. The number of nitrogens with one attached hydrogen (secondary N) is 1. The molecule has 0 spiro atoms. The molecule has 6 nitrogen and oxygen atoms in total. The highest BCUT2D eigenvalue weighted by Crippen LogP contribution is 2.19. The first kappa shape index (κ1) is 18.5. The summed E-state index contributed by atoms with van der Waals surface area (Å²) < 4.78 is 0. The quantitative estimate of drug-likeness (QED) is 0.697. The highest BCUT2D eigenvalue weighted by atomic mass is 16.2. The predicted molar refractivity (Wildman–Crippen MR) is 106 cm³/mol. The summed E-state index contributed by atoms with van der Waals surface area (Å²) >= 11 is 0. The van der Waals surface area contributed by atoms with Crippen molar-refractivity contribution >= 4 is 17.4 Å². The van der Waals surface area contributed by atoms with Crippen LogP contribution in [-0.4, -0.2) is 39.4 Å². The number of rotatable bonds is 7. The zero-order valence-corrected chi connectivity index (χ0v) is 15.6. The Hall–Kier alpha value is -3.28. The van der Waals surface area contributed by atoms with Gasteiger partial charge >= 0.3 is 0 Å². The van der Waals surface area contributed by atoms with Crippen LogP contribution in [0.4, 0.5) is 11.5 Å². The zero-order chi connectivity index (χ0) is 19.1. The Balaban J connectivity index is 1.61. The Bertz CT molecular complexity index is 881. The van der Waals surface area contributed by atoms with Gasteiger partial charge in [-0.05, 0) is 42.2 Å². The van der Waals surface area contributed by atoms with Crippen LogP contribution < -0.4 is 5.32 Å². The van der Waals surface area contributed by atoms with Gasteiger partial charge in [-0.1, -0.05) is 25.1 Å².